The van der Waals surface area contributed by atoms with Gasteiger partial charge in [0, 0.05) is 6.54 Å². The number of hydrogen-bond acceptors (Lipinski definition) is 8. The third kappa shape index (κ3) is 5.77. The molecule has 2 rings (SSSR count). The zero-order valence-electron chi connectivity index (χ0n) is 14.9. The van der Waals surface area contributed by atoms with Crippen LogP contribution in [-0.2, 0) is 20.8 Å². The lowest BCUT2D eigenvalue weighted by Gasteiger charge is -2.18. The molecule has 0 amide bonds. The maximum atomic E-state index is 11.9. The number of hydrogen-bond donors (Lipinski definition) is 0. The molecule has 1 aromatic rings. The average Bonchev–Trinajstić information content (AvgIpc) is 3.18. The van der Waals surface area contributed by atoms with E-state index in [-0.39, 0.29) is 17.4 Å². The zero-order valence-corrected chi connectivity index (χ0v) is 14.9. The Bertz CT molecular complexity index is 687. The SMILES string of the molecule is COC(=O)C1=CC(CCCCn2cc(C(=O)OC(C)(C)C)nn2)N=N1. The van der Waals surface area contributed by atoms with Crippen LogP contribution >= 0.6 is 0 Å². The van der Waals surface area contributed by atoms with Crippen LogP contribution in [0, 0.1) is 0 Å². The van der Waals surface area contributed by atoms with E-state index in [1.54, 1.807) is 37.7 Å². The molecule has 0 saturated heterocycles. The highest BCUT2D eigenvalue weighted by atomic mass is 16.6. The Morgan fingerprint density at radius 1 is 1.24 bits per heavy atom. The zero-order chi connectivity index (χ0) is 18.4. The van der Waals surface area contributed by atoms with Gasteiger partial charge in [0.05, 0.1) is 19.3 Å². The Balaban J connectivity index is 1.73. The molecular weight excluding hydrogens is 326 g/mol. The smallest absolute Gasteiger partial charge is 0.361 e. The fraction of sp³-hybridized carbons (Fsp3) is 0.625. The van der Waals surface area contributed by atoms with Crippen LogP contribution < -0.4 is 0 Å². The van der Waals surface area contributed by atoms with Crippen molar-refractivity contribution < 1.29 is 19.1 Å². The van der Waals surface area contributed by atoms with E-state index in [0.717, 1.165) is 19.3 Å². The molecule has 1 unspecified atom stereocenters. The van der Waals surface area contributed by atoms with Crippen molar-refractivity contribution in [1.29, 1.82) is 0 Å². The van der Waals surface area contributed by atoms with Crippen LogP contribution in [-0.4, -0.2) is 45.7 Å². The van der Waals surface area contributed by atoms with E-state index in [0.29, 0.717) is 6.54 Å². The molecule has 1 aromatic heterocycles. The molecule has 25 heavy (non-hydrogen) atoms. The molecule has 0 N–H and O–H groups in total. The second-order valence-electron chi connectivity index (χ2n) is 6.69. The largest absolute Gasteiger partial charge is 0.464 e. The summed E-state index contributed by atoms with van der Waals surface area (Å²) in [5.74, 6) is -0.950. The number of aryl methyl sites for hydroxylation is 1. The molecule has 1 aliphatic rings. The Kier molecular flexibility index (Phi) is 6.00. The van der Waals surface area contributed by atoms with Gasteiger partial charge in [-0.15, -0.1) is 10.2 Å². The topological polar surface area (TPSA) is 108 Å². The van der Waals surface area contributed by atoms with Crippen molar-refractivity contribution in [3.8, 4) is 0 Å². The molecular formula is C16H23N5O4. The summed E-state index contributed by atoms with van der Waals surface area (Å²) in [6.07, 6.45) is 5.78. The van der Waals surface area contributed by atoms with Crippen LogP contribution in [0.5, 0.6) is 0 Å². The first kappa shape index (κ1) is 18.8. The van der Waals surface area contributed by atoms with Crippen LogP contribution in [0.4, 0.5) is 0 Å². The second-order valence-corrected chi connectivity index (χ2v) is 6.69. The van der Waals surface area contributed by atoms with E-state index >= 15 is 0 Å². The lowest BCUT2D eigenvalue weighted by atomic mass is 10.1. The molecule has 1 aliphatic heterocycles. The van der Waals surface area contributed by atoms with Gasteiger partial charge >= 0.3 is 11.9 Å². The minimum Gasteiger partial charge on any atom is -0.464 e. The normalized spacial score (nSPS) is 16.6. The summed E-state index contributed by atoms with van der Waals surface area (Å²) in [6, 6.07) is -0.0952. The number of carbonyl (C=O) groups is 2. The van der Waals surface area contributed by atoms with Gasteiger partial charge in [-0.3, -0.25) is 4.68 Å². The monoisotopic (exact) mass is 349 g/mol. The van der Waals surface area contributed by atoms with E-state index in [9.17, 15) is 9.59 Å². The Morgan fingerprint density at radius 3 is 2.68 bits per heavy atom. The van der Waals surface area contributed by atoms with Gasteiger partial charge in [0.2, 0.25) is 0 Å². The first-order chi connectivity index (χ1) is 11.8. The summed E-state index contributed by atoms with van der Waals surface area (Å²) in [5.41, 5.74) is -0.108. The van der Waals surface area contributed by atoms with Gasteiger partial charge in [-0.05, 0) is 46.1 Å². The van der Waals surface area contributed by atoms with Gasteiger partial charge in [0.1, 0.15) is 5.60 Å². The van der Waals surface area contributed by atoms with E-state index in [1.807, 2.05) is 0 Å². The van der Waals surface area contributed by atoms with Crippen molar-refractivity contribution >= 4 is 11.9 Å². The van der Waals surface area contributed by atoms with Gasteiger partial charge in [0.15, 0.2) is 11.4 Å². The number of unbranched alkanes of at least 4 members (excludes halogenated alkanes) is 1. The highest BCUT2D eigenvalue weighted by molar-refractivity contribution is 5.88. The van der Waals surface area contributed by atoms with Crippen molar-refractivity contribution in [3.63, 3.8) is 0 Å². The molecule has 0 bridgehead atoms. The third-order valence-electron chi connectivity index (χ3n) is 3.34. The first-order valence-electron chi connectivity index (χ1n) is 8.13. The Labute approximate surface area is 146 Å². The lowest BCUT2D eigenvalue weighted by molar-refractivity contribution is -0.136. The quantitative estimate of drug-likeness (QED) is 0.552. The van der Waals surface area contributed by atoms with Crippen LogP contribution in [0.25, 0.3) is 0 Å². The highest BCUT2D eigenvalue weighted by Crippen LogP contribution is 2.18. The molecule has 0 radical (unpaired) electrons. The van der Waals surface area contributed by atoms with Crippen LogP contribution in [0.2, 0.25) is 0 Å². The summed E-state index contributed by atoms with van der Waals surface area (Å²) >= 11 is 0. The van der Waals surface area contributed by atoms with E-state index in [2.05, 4.69) is 25.3 Å². The van der Waals surface area contributed by atoms with Crippen molar-refractivity contribution in [2.45, 2.75) is 58.2 Å². The van der Waals surface area contributed by atoms with E-state index < -0.39 is 17.5 Å². The summed E-state index contributed by atoms with van der Waals surface area (Å²) in [4.78, 5) is 23.2. The van der Waals surface area contributed by atoms with Crippen LogP contribution in [0.3, 0.4) is 0 Å². The minimum atomic E-state index is -0.562. The molecule has 2 heterocycles. The molecule has 136 valence electrons. The van der Waals surface area contributed by atoms with E-state index in [1.165, 1.54) is 7.11 Å². The molecule has 0 aliphatic carbocycles. The molecule has 0 spiro atoms. The predicted octanol–water partition coefficient (Wildman–Crippen LogP) is 2.29. The second kappa shape index (κ2) is 8.00. The maximum Gasteiger partial charge on any atom is 0.361 e. The Hall–Kier alpha value is -2.58. The molecule has 9 heteroatoms. The molecule has 0 aromatic carbocycles. The fourth-order valence-electron chi connectivity index (χ4n) is 2.20. The van der Waals surface area contributed by atoms with Gasteiger partial charge in [-0.1, -0.05) is 5.21 Å². The maximum absolute atomic E-state index is 11.9. The predicted molar refractivity (Wildman–Crippen MR) is 87.8 cm³/mol. The summed E-state index contributed by atoms with van der Waals surface area (Å²) in [6.45, 7) is 6.04. The molecule has 9 nitrogen and oxygen atoms in total. The van der Waals surface area contributed by atoms with Crippen molar-refractivity contribution in [2.24, 2.45) is 10.2 Å². The minimum absolute atomic E-state index is 0.0952. The van der Waals surface area contributed by atoms with Crippen molar-refractivity contribution in [2.75, 3.05) is 7.11 Å². The van der Waals surface area contributed by atoms with Gasteiger partial charge < -0.3 is 9.47 Å². The number of nitrogens with zero attached hydrogens (tertiary/aromatic N) is 5. The molecule has 0 saturated carbocycles. The fourth-order valence-corrected chi connectivity index (χ4v) is 2.20. The van der Waals surface area contributed by atoms with Crippen LogP contribution in [0.15, 0.2) is 28.2 Å². The van der Waals surface area contributed by atoms with Gasteiger partial charge in [-0.2, -0.15) is 5.11 Å². The lowest BCUT2D eigenvalue weighted by Crippen LogP contribution is -2.24. The highest BCUT2D eigenvalue weighted by Gasteiger charge is 2.21. The summed E-state index contributed by atoms with van der Waals surface area (Å²) in [5, 5.41) is 15.6. The number of aromatic nitrogens is 3. The molecule has 1 atom stereocenters. The number of esters is 2. The standard InChI is InChI=1S/C16H23N5O4/c1-16(2,3)25-15(23)13-10-21(20-19-13)8-6-5-7-11-9-12(18-17-11)14(22)24-4/h9-11H,5-8H2,1-4H3. The number of carbonyl (C=O) groups excluding carboxylic acids is 2. The number of rotatable bonds is 7. The average molecular weight is 349 g/mol. The third-order valence-corrected chi connectivity index (χ3v) is 3.34. The van der Waals surface area contributed by atoms with E-state index in [4.69, 9.17) is 4.74 Å². The van der Waals surface area contributed by atoms with Crippen molar-refractivity contribution in [1.82, 2.24) is 15.0 Å². The summed E-state index contributed by atoms with van der Waals surface area (Å²) < 4.78 is 11.5. The van der Waals surface area contributed by atoms with Gasteiger partial charge in [0.25, 0.3) is 0 Å². The molecule has 0 fully saturated rings. The number of methoxy groups -OCH3 is 1. The van der Waals surface area contributed by atoms with Crippen LogP contribution in [0.1, 0.15) is 50.5 Å². The van der Waals surface area contributed by atoms with Gasteiger partial charge in [-0.25, -0.2) is 9.59 Å². The Morgan fingerprint density at radius 2 is 2.00 bits per heavy atom. The first-order valence-corrected chi connectivity index (χ1v) is 8.13. The number of ether oxygens (including phenoxy) is 2. The summed E-state index contributed by atoms with van der Waals surface area (Å²) in [7, 11) is 1.32. The van der Waals surface area contributed by atoms with Crippen molar-refractivity contribution in [3.05, 3.63) is 23.7 Å². The number of azo groups is 1.